The number of unbranched alkanes of at least 4 members (excludes halogenated alkanes) is 3. The van der Waals surface area contributed by atoms with Gasteiger partial charge in [0.1, 0.15) is 0 Å². The normalized spacial score (nSPS) is 20.7. The number of nitrogens with zero attached hydrogens (tertiary/aromatic N) is 1. The Morgan fingerprint density at radius 1 is 1.24 bits per heavy atom. The van der Waals surface area contributed by atoms with E-state index in [-0.39, 0.29) is 0 Å². The molecule has 1 atom stereocenters. The van der Waals surface area contributed by atoms with Crippen molar-refractivity contribution < 1.29 is 0 Å². The minimum atomic E-state index is 0.290. The SMILES string of the molecule is C=CCCCCCC(N)C1(N(C)C)CCCC1. The van der Waals surface area contributed by atoms with Crippen LogP contribution in [-0.4, -0.2) is 30.6 Å². The first-order valence-corrected chi connectivity index (χ1v) is 7.17. The van der Waals surface area contributed by atoms with E-state index < -0.39 is 0 Å². The van der Waals surface area contributed by atoms with Gasteiger partial charge in [-0.05, 0) is 46.2 Å². The van der Waals surface area contributed by atoms with Crippen LogP contribution >= 0.6 is 0 Å². The fourth-order valence-electron chi connectivity index (χ4n) is 3.24. The molecule has 1 aliphatic rings. The van der Waals surface area contributed by atoms with Crippen molar-refractivity contribution in [2.24, 2.45) is 5.73 Å². The van der Waals surface area contributed by atoms with Gasteiger partial charge >= 0.3 is 0 Å². The van der Waals surface area contributed by atoms with E-state index in [1.807, 2.05) is 6.08 Å². The van der Waals surface area contributed by atoms with E-state index in [1.165, 1.54) is 51.4 Å². The Hall–Kier alpha value is -0.340. The number of likely N-dealkylation sites (N-methyl/N-ethyl adjacent to an activating group) is 1. The van der Waals surface area contributed by atoms with E-state index in [1.54, 1.807) is 0 Å². The predicted molar refractivity (Wildman–Crippen MR) is 76.1 cm³/mol. The number of hydrogen-bond acceptors (Lipinski definition) is 2. The summed E-state index contributed by atoms with van der Waals surface area (Å²) < 4.78 is 0. The zero-order valence-corrected chi connectivity index (χ0v) is 11.8. The van der Waals surface area contributed by atoms with Gasteiger partial charge in [0.2, 0.25) is 0 Å². The molecule has 0 heterocycles. The Morgan fingerprint density at radius 3 is 2.41 bits per heavy atom. The fourth-order valence-corrected chi connectivity index (χ4v) is 3.24. The Labute approximate surface area is 107 Å². The summed E-state index contributed by atoms with van der Waals surface area (Å²) in [6.45, 7) is 3.76. The molecule has 0 spiro atoms. The lowest BCUT2D eigenvalue weighted by Crippen LogP contribution is -2.55. The molecule has 1 saturated carbocycles. The lowest BCUT2D eigenvalue weighted by atomic mass is 9.84. The number of nitrogens with two attached hydrogens (primary N) is 1. The first-order chi connectivity index (χ1) is 8.13. The third-order valence-corrected chi connectivity index (χ3v) is 4.47. The van der Waals surface area contributed by atoms with Crippen LogP contribution in [0, 0.1) is 0 Å². The summed E-state index contributed by atoms with van der Waals surface area (Å²) in [5.41, 5.74) is 6.76. The van der Waals surface area contributed by atoms with Crippen LogP contribution in [0.4, 0.5) is 0 Å². The van der Waals surface area contributed by atoms with Crippen molar-refractivity contribution in [1.29, 1.82) is 0 Å². The second kappa shape index (κ2) is 7.17. The quantitative estimate of drug-likeness (QED) is 0.519. The molecule has 1 aliphatic carbocycles. The lowest BCUT2D eigenvalue weighted by molar-refractivity contribution is 0.117. The Balaban J connectivity index is 2.33. The first-order valence-electron chi connectivity index (χ1n) is 7.17. The van der Waals surface area contributed by atoms with E-state index in [9.17, 15) is 0 Å². The molecule has 0 aromatic heterocycles. The monoisotopic (exact) mass is 238 g/mol. The van der Waals surface area contributed by atoms with Crippen molar-refractivity contribution in [1.82, 2.24) is 4.90 Å². The van der Waals surface area contributed by atoms with E-state index >= 15 is 0 Å². The van der Waals surface area contributed by atoms with Crippen molar-refractivity contribution in [3.63, 3.8) is 0 Å². The summed E-state index contributed by atoms with van der Waals surface area (Å²) in [6, 6.07) is 0.351. The van der Waals surface area contributed by atoms with Gasteiger partial charge in [-0.1, -0.05) is 31.8 Å². The van der Waals surface area contributed by atoms with Gasteiger partial charge < -0.3 is 10.6 Å². The highest BCUT2D eigenvalue weighted by Gasteiger charge is 2.40. The van der Waals surface area contributed by atoms with Crippen molar-refractivity contribution in [3.8, 4) is 0 Å². The van der Waals surface area contributed by atoms with Crippen molar-refractivity contribution in [2.75, 3.05) is 14.1 Å². The summed E-state index contributed by atoms with van der Waals surface area (Å²) >= 11 is 0. The van der Waals surface area contributed by atoms with E-state index in [0.29, 0.717) is 11.6 Å². The van der Waals surface area contributed by atoms with Crippen LogP contribution in [0.1, 0.15) is 57.8 Å². The minimum absolute atomic E-state index is 0.290. The molecule has 0 radical (unpaired) electrons. The third-order valence-electron chi connectivity index (χ3n) is 4.47. The third kappa shape index (κ3) is 3.82. The van der Waals surface area contributed by atoms with E-state index in [0.717, 1.165) is 6.42 Å². The fraction of sp³-hybridized carbons (Fsp3) is 0.867. The maximum Gasteiger partial charge on any atom is 0.0354 e. The molecule has 100 valence electrons. The van der Waals surface area contributed by atoms with Gasteiger partial charge in [0.15, 0.2) is 0 Å². The molecule has 0 aromatic carbocycles. The Bertz CT molecular complexity index is 217. The van der Waals surface area contributed by atoms with Crippen LogP contribution in [0.25, 0.3) is 0 Å². The number of allylic oxidation sites excluding steroid dienone is 1. The van der Waals surface area contributed by atoms with Gasteiger partial charge in [0.05, 0.1) is 0 Å². The van der Waals surface area contributed by atoms with Gasteiger partial charge in [-0.3, -0.25) is 0 Å². The van der Waals surface area contributed by atoms with Gasteiger partial charge in [-0.15, -0.1) is 6.58 Å². The average molecular weight is 238 g/mol. The van der Waals surface area contributed by atoms with Gasteiger partial charge in [-0.25, -0.2) is 0 Å². The summed E-state index contributed by atoms with van der Waals surface area (Å²) in [4.78, 5) is 2.38. The van der Waals surface area contributed by atoms with Gasteiger partial charge in [0.25, 0.3) is 0 Å². The van der Waals surface area contributed by atoms with Crippen LogP contribution in [0.2, 0.25) is 0 Å². The summed E-state index contributed by atoms with van der Waals surface area (Å²) in [7, 11) is 4.39. The standard InChI is InChI=1S/C15H30N2/c1-4-5-6-7-8-11-14(16)15(17(2)3)12-9-10-13-15/h4,14H,1,5-13,16H2,2-3H3. The van der Waals surface area contributed by atoms with Crippen LogP contribution in [0.5, 0.6) is 0 Å². The van der Waals surface area contributed by atoms with Crippen LogP contribution < -0.4 is 5.73 Å². The molecule has 0 aliphatic heterocycles. The van der Waals surface area contributed by atoms with Crippen LogP contribution in [0.15, 0.2) is 12.7 Å². The highest BCUT2D eigenvalue weighted by Crippen LogP contribution is 2.37. The molecule has 0 bridgehead atoms. The molecule has 1 fully saturated rings. The molecular formula is C15H30N2. The molecule has 1 unspecified atom stereocenters. The molecule has 17 heavy (non-hydrogen) atoms. The highest BCUT2D eigenvalue weighted by atomic mass is 15.2. The van der Waals surface area contributed by atoms with Crippen molar-refractivity contribution >= 4 is 0 Å². The number of rotatable bonds is 8. The molecule has 2 N–H and O–H groups in total. The zero-order chi connectivity index (χ0) is 12.7. The van der Waals surface area contributed by atoms with Crippen molar-refractivity contribution in [2.45, 2.75) is 69.4 Å². The van der Waals surface area contributed by atoms with Crippen molar-refractivity contribution in [3.05, 3.63) is 12.7 Å². The average Bonchev–Trinajstić information content (AvgIpc) is 2.79. The van der Waals surface area contributed by atoms with E-state index in [2.05, 4.69) is 25.6 Å². The lowest BCUT2D eigenvalue weighted by Gasteiger charge is -2.41. The van der Waals surface area contributed by atoms with Gasteiger partial charge in [0, 0.05) is 11.6 Å². The van der Waals surface area contributed by atoms with Crippen LogP contribution in [0.3, 0.4) is 0 Å². The minimum Gasteiger partial charge on any atom is -0.326 e. The zero-order valence-electron chi connectivity index (χ0n) is 11.8. The second-order valence-electron chi connectivity index (χ2n) is 5.74. The maximum absolute atomic E-state index is 6.47. The summed E-state index contributed by atoms with van der Waals surface area (Å²) in [5.74, 6) is 0. The second-order valence-corrected chi connectivity index (χ2v) is 5.74. The van der Waals surface area contributed by atoms with Gasteiger partial charge in [-0.2, -0.15) is 0 Å². The Morgan fingerprint density at radius 2 is 1.88 bits per heavy atom. The molecule has 0 aromatic rings. The molecule has 2 nitrogen and oxygen atoms in total. The van der Waals surface area contributed by atoms with E-state index in [4.69, 9.17) is 5.73 Å². The number of hydrogen-bond donors (Lipinski definition) is 1. The smallest absolute Gasteiger partial charge is 0.0354 e. The van der Waals surface area contributed by atoms with Crippen LogP contribution in [-0.2, 0) is 0 Å². The Kier molecular flexibility index (Phi) is 6.21. The molecule has 2 heteroatoms. The predicted octanol–water partition coefficient (Wildman–Crippen LogP) is 3.32. The summed E-state index contributed by atoms with van der Waals surface area (Å²) in [5, 5.41) is 0. The first kappa shape index (κ1) is 14.7. The largest absolute Gasteiger partial charge is 0.326 e. The summed E-state index contributed by atoms with van der Waals surface area (Å²) in [6.07, 6.45) is 13.4. The maximum atomic E-state index is 6.47. The molecule has 1 rings (SSSR count). The topological polar surface area (TPSA) is 29.3 Å². The molecular weight excluding hydrogens is 208 g/mol. The molecule has 0 amide bonds. The molecule has 0 saturated heterocycles. The highest BCUT2D eigenvalue weighted by molar-refractivity contribution is 5.00.